The van der Waals surface area contributed by atoms with E-state index in [9.17, 15) is 0 Å². The van der Waals surface area contributed by atoms with Crippen LogP contribution in [0.25, 0.3) is 10.8 Å². The maximum Gasteiger partial charge on any atom is 0.143 e. The number of rotatable bonds is 5. The van der Waals surface area contributed by atoms with Crippen LogP contribution in [0, 0.1) is 5.92 Å². The van der Waals surface area contributed by atoms with E-state index in [4.69, 9.17) is 9.47 Å². The van der Waals surface area contributed by atoms with Crippen LogP contribution in [0.4, 0.5) is 5.69 Å². The highest BCUT2D eigenvalue weighted by Crippen LogP contribution is 2.54. The first-order valence-electron chi connectivity index (χ1n) is 11.6. The maximum absolute atomic E-state index is 6.35. The Labute approximate surface area is 194 Å². The zero-order valence-electron chi connectivity index (χ0n) is 18.7. The molecular formula is C30H27NO2. The number of nitrogens with one attached hydrogen (secondary N) is 1. The summed E-state index contributed by atoms with van der Waals surface area (Å²) in [5, 5.41) is 6.39. The minimum Gasteiger partial charge on any atom is -0.496 e. The number of para-hydroxylation sites is 1. The van der Waals surface area contributed by atoms with Crippen molar-refractivity contribution in [3.05, 3.63) is 114 Å². The van der Waals surface area contributed by atoms with Crippen LogP contribution in [-0.4, -0.2) is 7.11 Å². The monoisotopic (exact) mass is 433 g/mol. The summed E-state index contributed by atoms with van der Waals surface area (Å²) in [6.07, 6.45) is 5.74. The molecule has 0 saturated heterocycles. The van der Waals surface area contributed by atoms with Crippen molar-refractivity contribution >= 4 is 16.5 Å². The summed E-state index contributed by atoms with van der Waals surface area (Å²) < 4.78 is 12.2. The summed E-state index contributed by atoms with van der Waals surface area (Å²) in [5.41, 5.74) is 4.81. The molecule has 0 saturated carbocycles. The lowest BCUT2D eigenvalue weighted by Crippen LogP contribution is -2.30. The zero-order valence-corrected chi connectivity index (χ0v) is 18.7. The van der Waals surface area contributed by atoms with Gasteiger partial charge in [-0.3, -0.25) is 0 Å². The average molecular weight is 434 g/mol. The first-order chi connectivity index (χ1) is 16.3. The molecule has 3 unspecified atom stereocenters. The van der Waals surface area contributed by atoms with Gasteiger partial charge in [0.2, 0.25) is 0 Å². The number of hydrogen-bond donors (Lipinski definition) is 1. The summed E-state index contributed by atoms with van der Waals surface area (Å²) in [7, 11) is 1.77. The van der Waals surface area contributed by atoms with E-state index >= 15 is 0 Å². The van der Waals surface area contributed by atoms with Gasteiger partial charge in [-0.1, -0.05) is 84.9 Å². The van der Waals surface area contributed by atoms with E-state index in [1.54, 1.807) is 7.11 Å². The smallest absolute Gasteiger partial charge is 0.143 e. The van der Waals surface area contributed by atoms with Crippen molar-refractivity contribution in [2.75, 3.05) is 12.4 Å². The van der Waals surface area contributed by atoms with Gasteiger partial charge in [0.25, 0.3) is 0 Å². The van der Waals surface area contributed by atoms with E-state index in [1.807, 2.05) is 18.2 Å². The average Bonchev–Trinajstić information content (AvgIpc) is 3.37. The van der Waals surface area contributed by atoms with Crippen LogP contribution >= 0.6 is 0 Å². The number of hydrogen-bond acceptors (Lipinski definition) is 3. The van der Waals surface area contributed by atoms with Crippen molar-refractivity contribution < 1.29 is 9.47 Å². The van der Waals surface area contributed by atoms with Crippen molar-refractivity contribution in [1.29, 1.82) is 0 Å². The largest absolute Gasteiger partial charge is 0.496 e. The van der Waals surface area contributed by atoms with Crippen LogP contribution in [0.2, 0.25) is 0 Å². The molecular weight excluding hydrogens is 406 g/mol. The lowest BCUT2D eigenvalue weighted by Gasteiger charge is -2.39. The fourth-order valence-corrected chi connectivity index (χ4v) is 5.51. The Morgan fingerprint density at radius 3 is 2.58 bits per heavy atom. The normalized spacial score (nSPS) is 20.7. The van der Waals surface area contributed by atoms with Gasteiger partial charge >= 0.3 is 0 Å². The van der Waals surface area contributed by atoms with Crippen molar-refractivity contribution in [3.8, 4) is 11.5 Å². The molecule has 0 bridgehead atoms. The minimum atomic E-state index is 0.125. The summed E-state index contributed by atoms with van der Waals surface area (Å²) >= 11 is 0. The second-order valence-corrected chi connectivity index (χ2v) is 8.87. The van der Waals surface area contributed by atoms with E-state index in [0.29, 0.717) is 18.4 Å². The molecule has 2 aliphatic rings. The number of benzene rings is 4. The van der Waals surface area contributed by atoms with Crippen molar-refractivity contribution in [3.63, 3.8) is 0 Å². The molecule has 33 heavy (non-hydrogen) atoms. The number of anilines is 1. The van der Waals surface area contributed by atoms with Gasteiger partial charge in [-0.2, -0.15) is 0 Å². The van der Waals surface area contributed by atoms with Crippen LogP contribution in [0.5, 0.6) is 11.5 Å². The van der Waals surface area contributed by atoms with Gasteiger partial charge in [-0.05, 0) is 46.4 Å². The predicted molar refractivity (Wildman–Crippen MR) is 134 cm³/mol. The molecule has 0 spiro atoms. The molecule has 0 amide bonds. The molecule has 6 rings (SSSR count). The molecule has 3 atom stereocenters. The Morgan fingerprint density at radius 1 is 0.848 bits per heavy atom. The molecule has 164 valence electrons. The first kappa shape index (κ1) is 19.9. The molecule has 0 fully saturated rings. The molecule has 1 heterocycles. The van der Waals surface area contributed by atoms with E-state index < -0.39 is 0 Å². The van der Waals surface area contributed by atoms with Crippen molar-refractivity contribution in [2.24, 2.45) is 5.92 Å². The van der Waals surface area contributed by atoms with Crippen LogP contribution < -0.4 is 14.8 Å². The molecule has 4 aromatic rings. The van der Waals surface area contributed by atoms with Crippen LogP contribution in [0.15, 0.2) is 97.1 Å². The van der Waals surface area contributed by atoms with E-state index in [2.05, 4.69) is 84.2 Å². The second kappa shape index (κ2) is 8.32. The third-order valence-electron chi connectivity index (χ3n) is 7.06. The first-order valence-corrected chi connectivity index (χ1v) is 11.6. The van der Waals surface area contributed by atoms with E-state index in [1.165, 1.54) is 21.9 Å². The van der Waals surface area contributed by atoms with Crippen LogP contribution in [0.1, 0.15) is 35.1 Å². The Kier molecular flexibility index (Phi) is 5.03. The molecule has 3 nitrogen and oxygen atoms in total. The number of ether oxygens (including phenoxy) is 2. The summed E-state index contributed by atoms with van der Waals surface area (Å²) in [6.45, 7) is 0.547. The third kappa shape index (κ3) is 3.45. The minimum absolute atomic E-state index is 0.125. The van der Waals surface area contributed by atoms with Gasteiger partial charge in [-0.25, -0.2) is 0 Å². The summed E-state index contributed by atoms with van der Waals surface area (Å²) in [5.74, 6) is 2.62. The Morgan fingerprint density at radius 2 is 1.70 bits per heavy atom. The van der Waals surface area contributed by atoms with Crippen LogP contribution in [-0.2, 0) is 6.61 Å². The highest BCUT2D eigenvalue weighted by molar-refractivity contribution is 5.89. The number of allylic oxidation sites excluding steroid dienone is 2. The molecule has 0 aromatic heterocycles. The maximum atomic E-state index is 6.35. The standard InChI is InChI=1S/C30H27NO2/c1-32-26-18-17-21-11-5-6-12-22(21)28(26)30-25-14-7-13-23(25)24-15-8-16-27(29(24)31-30)33-19-20-9-3-2-4-10-20/h2-13,15-18,23,25,30-31H,14,19H2,1H3. The lowest BCUT2D eigenvalue weighted by molar-refractivity contribution is 0.304. The SMILES string of the molecule is COc1ccc2ccccc2c1C1Nc2c(OCc3ccccc3)cccc2C2C=CCC21. The lowest BCUT2D eigenvalue weighted by atomic mass is 9.75. The highest BCUT2D eigenvalue weighted by Gasteiger charge is 2.40. The topological polar surface area (TPSA) is 30.5 Å². The summed E-state index contributed by atoms with van der Waals surface area (Å²) in [6, 6.07) is 29.7. The van der Waals surface area contributed by atoms with Gasteiger partial charge in [0, 0.05) is 11.5 Å². The Hall–Kier alpha value is -3.72. The van der Waals surface area contributed by atoms with Gasteiger partial charge < -0.3 is 14.8 Å². The predicted octanol–water partition coefficient (Wildman–Crippen LogP) is 7.25. The van der Waals surface area contributed by atoms with Crippen LogP contribution in [0.3, 0.4) is 0 Å². The molecule has 0 radical (unpaired) electrons. The number of methoxy groups -OCH3 is 1. The fraction of sp³-hybridized carbons (Fsp3) is 0.200. The van der Waals surface area contributed by atoms with Gasteiger partial charge in [0.15, 0.2) is 0 Å². The van der Waals surface area contributed by atoms with E-state index in [-0.39, 0.29) is 6.04 Å². The van der Waals surface area contributed by atoms with Gasteiger partial charge in [0.05, 0.1) is 18.8 Å². The fourth-order valence-electron chi connectivity index (χ4n) is 5.51. The Balaban J connectivity index is 1.44. The van der Waals surface area contributed by atoms with E-state index in [0.717, 1.165) is 29.2 Å². The number of fused-ring (bicyclic) bond motifs is 4. The second-order valence-electron chi connectivity index (χ2n) is 8.87. The molecule has 3 heteroatoms. The van der Waals surface area contributed by atoms with Gasteiger partial charge in [0.1, 0.15) is 18.1 Å². The molecule has 4 aromatic carbocycles. The molecule has 1 aliphatic carbocycles. The molecule has 1 N–H and O–H groups in total. The van der Waals surface area contributed by atoms with Crippen molar-refractivity contribution in [1.82, 2.24) is 0 Å². The molecule has 1 aliphatic heterocycles. The van der Waals surface area contributed by atoms with Gasteiger partial charge in [-0.15, -0.1) is 0 Å². The quantitative estimate of drug-likeness (QED) is 0.336. The zero-order chi connectivity index (χ0) is 22.2. The Bertz CT molecular complexity index is 1330. The highest BCUT2D eigenvalue weighted by atomic mass is 16.5. The third-order valence-corrected chi connectivity index (χ3v) is 7.06. The summed E-state index contributed by atoms with van der Waals surface area (Å²) in [4.78, 5) is 0. The van der Waals surface area contributed by atoms with Crippen molar-refractivity contribution in [2.45, 2.75) is 25.0 Å².